The van der Waals surface area contributed by atoms with Crippen molar-refractivity contribution < 1.29 is 4.79 Å². The molecule has 0 saturated heterocycles. The summed E-state index contributed by atoms with van der Waals surface area (Å²) in [6.07, 6.45) is 9.51. The standard InChI is InChI=1S/C18H31N5O/c1-15(2)9-6-4-5-7-12-21-18(19-3)22-14-17(24)23-16-10-8-11-20-13-16/h8,10-11,13,15H,4-7,9,12,14H2,1-3H3,(H,23,24)(H2,19,21,22). The molecule has 3 N–H and O–H groups in total. The summed E-state index contributed by atoms with van der Waals surface area (Å²) in [5, 5.41) is 9.02. The Morgan fingerprint density at radius 3 is 2.67 bits per heavy atom. The third-order valence-electron chi connectivity index (χ3n) is 3.59. The van der Waals surface area contributed by atoms with Gasteiger partial charge < -0.3 is 16.0 Å². The second-order valence-electron chi connectivity index (χ2n) is 6.24. The molecule has 0 radical (unpaired) electrons. The summed E-state index contributed by atoms with van der Waals surface area (Å²) in [6, 6.07) is 3.59. The highest BCUT2D eigenvalue weighted by Gasteiger charge is 2.04. The van der Waals surface area contributed by atoms with Crippen molar-refractivity contribution in [3.63, 3.8) is 0 Å². The molecule has 0 fully saturated rings. The summed E-state index contributed by atoms with van der Waals surface area (Å²) in [6.45, 7) is 5.57. The fourth-order valence-corrected chi connectivity index (χ4v) is 2.26. The van der Waals surface area contributed by atoms with Crippen LogP contribution in [0.4, 0.5) is 5.69 Å². The van der Waals surface area contributed by atoms with Crippen LogP contribution in [0.25, 0.3) is 0 Å². The van der Waals surface area contributed by atoms with E-state index in [1.165, 1.54) is 25.7 Å². The molecule has 1 aromatic rings. The fourth-order valence-electron chi connectivity index (χ4n) is 2.26. The van der Waals surface area contributed by atoms with Crippen LogP contribution in [-0.4, -0.2) is 37.0 Å². The minimum absolute atomic E-state index is 0.125. The molecule has 1 rings (SSSR count). The molecule has 0 atom stereocenters. The first-order valence-corrected chi connectivity index (χ1v) is 8.76. The Labute approximate surface area is 145 Å². The van der Waals surface area contributed by atoms with E-state index in [-0.39, 0.29) is 12.5 Å². The Morgan fingerprint density at radius 2 is 2.00 bits per heavy atom. The number of aliphatic imine (C=N–C) groups is 1. The van der Waals surface area contributed by atoms with E-state index in [4.69, 9.17) is 0 Å². The molecule has 1 aromatic heterocycles. The summed E-state index contributed by atoms with van der Waals surface area (Å²) in [7, 11) is 1.71. The average Bonchev–Trinajstić information content (AvgIpc) is 2.57. The Hall–Kier alpha value is -2.11. The molecule has 6 heteroatoms. The quantitative estimate of drug-likeness (QED) is 0.349. The number of aromatic nitrogens is 1. The minimum Gasteiger partial charge on any atom is -0.356 e. The lowest BCUT2D eigenvalue weighted by molar-refractivity contribution is -0.115. The monoisotopic (exact) mass is 333 g/mol. The van der Waals surface area contributed by atoms with Crippen molar-refractivity contribution >= 4 is 17.6 Å². The molecule has 134 valence electrons. The number of nitrogens with one attached hydrogen (secondary N) is 3. The number of carbonyl (C=O) groups excluding carboxylic acids is 1. The zero-order valence-corrected chi connectivity index (χ0v) is 15.1. The highest BCUT2D eigenvalue weighted by molar-refractivity contribution is 5.94. The van der Waals surface area contributed by atoms with E-state index < -0.39 is 0 Å². The highest BCUT2D eigenvalue weighted by Crippen LogP contribution is 2.08. The third kappa shape index (κ3) is 9.82. The van der Waals surface area contributed by atoms with Crippen LogP contribution in [-0.2, 0) is 4.79 Å². The SMILES string of the molecule is CN=C(NCCCCCCC(C)C)NCC(=O)Nc1cccnc1. The molecular formula is C18H31N5O. The van der Waals surface area contributed by atoms with Crippen LogP contribution in [0.3, 0.4) is 0 Å². The topological polar surface area (TPSA) is 78.4 Å². The first-order valence-electron chi connectivity index (χ1n) is 8.76. The van der Waals surface area contributed by atoms with Gasteiger partial charge in [-0.15, -0.1) is 0 Å². The molecule has 24 heavy (non-hydrogen) atoms. The number of guanidine groups is 1. The molecule has 0 bridgehead atoms. The lowest BCUT2D eigenvalue weighted by Gasteiger charge is -2.12. The van der Waals surface area contributed by atoms with Gasteiger partial charge in [0, 0.05) is 19.8 Å². The van der Waals surface area contributed by atoms with E-state index in [0.717, 1.165) is 18.9 Å². The Kier molecular flexibility index (Phi) is 10.2. The number of hydrogen-bond acceptors (Lipinski definition) is 3. The van der Waals surface area contributed by atoms with Crippen molar-refractivity contribution in [1.82, 2.24) is 15.6 Å². The van der Waals surface area contributed by atoms with Crippen LogP contribution in [0.5, 0.6) is 0 Å². The highest BCUT2D eigenvalue weighted by atomic mass is 16.1. The zero-order chi connectivity index (χ0) is 17.6. The van der Waals surface area contributed by atoms with Crippen LogP contribution in [0.2, 0.25) is 0 Å². The van der Waals surface area contributed by atoms with Crippen molar-refractivity contribution in [2.24, 2.45) is 10.9 Å². The zero-order valence-electron chi connectivity index (χ0n) is 15.1. The van der Waals surface area contributed by atoms with Crippen LogP contribution < -0.4 is 16.0 Å². The van der Waals surface area contributed by atoms with Crippen molar-refractivity contribution in [3.8, 4) is 0 Å². The van der Waals surface area contributed by atoms with E-state index in [1.807, 2.05) is 0 Å². The summed E-state index contributed by atoms with van der Waals surface area (Å²) in [5.74, 6) is 1.32. The maximum absolute atomic E-state index is 11.9. The van der Waals surface area contributed by atoms with Gasteiger partial charge in [-0.05, 0) is 24.5 Å². The van der Waals surface area contributed by atoms with Crippen molar-refractivity contribution in [2.45, 2.75) is 46.0 Å². The van der Waals surface area contributed by atoms with Gasteiger partial charge in [-0.25, -0.2) is 0 Å². The number of nitrogens with zero attached hydrogens (tertiary/aromatic N) is 2. The van der Waals surface area contributed by atoms with Crippen molar-refractivity contribution in [1.29, 1.82) is 0 Å². The molecule has 0 saturated carbocycles. The van der Waals surface area contributed by atoms with E-state index in [0.29, 0.717) is 11.6 Å². The van der Waals surface area contributed by atoms with Gasteiger partial charge in [0.1, 0.15) is 0 Å². The van der Waals surface area contributed by atoms with Gasteiger partial charge in [0.25, 0.3) is 0 Å². The molecule has 0 aliphatic rings. The van der Waals surface area contributed by atoms with Crippen molar-refractivity contribution in [2.75, 3.05) is 25.5 Å². The first-order chi connectivity index (χ1) is 11.6. The fraction of sp³-hybridized carbons (Fsp3) is 0.611. The second kappa shape index (κ2) is 12.3. The first kappa shape index (κ1) is 19.9. The Balaban J connectivity index is 2.11. The predicted octanol–water partition coefficient (Wildman–Crippen LogP) is 2.79. The molecule has 1 amide bonds. The predicted molar refractivity (Wildman–Crippen MR) is 100 cm³/mol. The molecule has 6 nitrogen and oxygen atoms in total. The third-order valence-corrected chi connectivity index (χ3v) is 3.59. The van der Waals surface area contributed by atoms with Crippen LogP contribution in [0.15, 0.2) is 29.5 Å². The lowest BCUT2D eigenvalue weighted by atomic mass is 10.0. The van der Waals surface area contributed by atoms with Crippen LogP contribution in [0, 0.1) is 5.92 Å². The van der Waals surface area contributed by atoms with Gasteiger partial charge in [-0.3, -0.25) is 14.8 Å². The Bertz CT molecular complexity index is 487. The summed E-state index contributed by atoms with van der Waals surface area (Å²) in [5.41, 5.74) is 0.689. The molecular weight excluding hydrogens is 302 g/mol. The number of hydrogen-bond donors (Lipinski definition) is 3. The maximum Gasteiger partial charge on any atom is 0.243 e. The maximum atomic E-state index is 11.9. The van der Waals surface area contributed by atoms with E-state index in [2.05, 4.69) is 39.8 Å². The molecule has 1 heterocycles. The van der Waals surface area contributed by atoms with Crippen LogP contribution in [0.1, 0.15) is 46.0 Å². The van der Waals surface area contributed by atoms with E-state index >= 15 is 0 Å². The summed E-state index contributed by atoms with van der Waals surface area (Å²) in [4.78, 5) is 19.9. The van der Waals surface area contributed by atoms with Crippen molar-refractivity contribution in [3.05, 3.63) is 24.5 Å². The number of carbonyl (C=O) groups is 1. The van der Waals surface area contributed by atoms with E-state index in [1.54, 1.807) is 31.6 Å². The van der Waals surface area contributed by atoms with E-state index in [9.17, 15) is 4.79 Å². The lowest BCUT2D eigenvalue weighted by Crippen LogP contribution is -2.41. The van der Waals surface area contributed by atoms with Gasteiger partial charge in [-0.1, -0.05) is 39.5 Å². The molecule has 0 aromatic carbocycles. The van der Waals surface area contributed by atoms with Gasteiger partial charge in [-0.2, -0.15) is 0 Å². The molecule has 0 unspecified atom stereocenters. The number of rotatable bonds is 10. The summed E-state index contributed by atoms with van der Waals surface area (Å²) >= 11 is 0. The largest absolute Gasteiger partial charge is 0.356 e. The summed E-state index contributed by atoms with van der Waals surface area (Å²) < 4.78 is 0. The smallest absolute Gasteiger partial charge is 0.243 e. The van der Waals surface area contributed by atoms with Gasteiger partial charge in [0.15, 0.2) is 5.96 Å². The van der Waals surface area contributed by atoms with Gasteiger partial charge >= 0.3 is 0 Å². The number of unbranched alkanes of at least 4 members (excludes halogenated alkanes) is 3. The van der Waals surface area contributed by atoms with Gasteiger partial charge in [0.2, 0.25) is 5.91 Å². The molecule has 0 spiro atoms. The molecule has 0 aliphatic carbocycles. The normalized spacial score (nSPS) is 11.4. The average molecular weight is 333 g/mol. The second-order valence-corrected chi connectivity index (χ2v) is 6.24. The number of amides is 1. The van der Waals surface area contributed by atoms with Gasteiger partial charge in [0.05, 0.1) is 18.4 Å². The Morgan fingerprint density at radius 1 is 1.21 bits per heavy atom. The van der Waals surface area contributed by atoms with Crippen LogP contribution >= 0.6 is 0 Å². The number of pyridine rings is 1. The number of anilines is 1. The molecule has 0 aliphatic heterocycles. The minimum atomic E-state index is -0.125.